The summed E-state index contributed by atoms with van der Waals surface area (Å²) in [5.74, 6) is -2.02. The Morgan fingerprint density at radius 3 is 2.88 bits per heavy atom. The van der Waals surface area contributed by atoms with Crippen LogP contribution in [0, 0.1) is 0 Å². The van der Waals surface area contributed by atoms with Gasteiger partial charge in [-0.25, -0.2) is 4.79 Å². The second-order valence-electron chi connectivity index (χ2n) is 3.22. The minimum atomic E-state index is -1.51. The molecule has 0 saturated carbocycles. The smallest absolute Gasteiger partial charge is 0.330 e. The van der Waals surface area contributed by atoms with Gasteiger partial charge in [0.1, 0.15) is 0 Å². The summed E-state index contributed by atoms with van der Waals surface area (Å²) < 4.78 is 0. The SMILES string of the molecule is NC(C(=O)O)C(=O)NCCc1cccnc1. The van der Waals surface area contributed by atoms with Gasteiger partial charge in [0.15, 0.2) is 6.04 Å². The number of nitrogens with two attached hydrogens (primary N) is 1. The second-order valence-corrected chi connectivity index (χ2v) is 3.22. The first kappa shape index (κ1) is 12.1. The molecule has 86 valence electrons. The van der Waals surface area contributed by atoms with E-state index in [1.807, 2.05) is 6.07 Å². The Morgan fingerprint density at radius 1 is 1.56 bits per heavy atom. The summed E-state index contributed by atoms with van der Waals surface area (Å²) in [6.07, 6.45) is 3.93. The minimum Gasteiger partial charge on any atom is -0.480 e. The van der Waals surface area contributed by atoms with Crippen molar-refractivity contribution >= 4 is 11.9 Å². The average Bonchev–Trinajstić information content (AvgIpc) is 2.29. The standard InChI is InChI=1S/C10H13N3O3/c11-8(10(15)16)9(14)13-5-3-7-2-1-4-12-6-7/h1-2,4,6,8H,3,5,11H2,(H,13,14)(H,15,16). The summed E-state index contributed by atoms with van der Waals surface area (Å²) in [6.45, 7) is 0.339. The van der Waals surface area contributed by atoms with E-state index in [1.165, 1.54) is 0 Å². The Labute approximate surface area is 92.5 Å². The van der Waals surface area contributed by atoms with Gasteiger partial charge in [0.25, 0.3) is 0 Å². The van der Waals surface area contributed by atoms with E-state index in [2.05, 4.69) is 10.3 Å². The van der Waals surface area contributed by atoms with Gasteiger partial charge in [0.2, 0.25) is 5.91 Å². The summed E-state index contributed by atoms with van der Waals surface area (Å²) >= 11 is 0. The van der Waals surface area contributed by atoms with Crippen LogP contribution in [0.25, 0.3) is 0 Å². The summed E-state index contributed by atoms with van der Waals surface area (Å²) in [5.41, 5.74) is 6.08. The lowest BCUT2D eigenvalue weighted by atomic mass is 10.2. The van der Waals surface area contributed by atoms with Crippen LogP contribution in [-0.4, -0.2) is 34.6 Å². The molecule has 1 atom stereocenters. The van der Waals surface area contributed by atoms with Crippen molar-refractivity contribution in [1.82, 2.24) is 10.3 Å². The number of hydrogen-bond donors (Lipinski definition) is 3. The lowest BCUT2D eigenvalue weighted by Crippen LogP contribution is -2.46. The highest BCUT2D eigenvalue weighted by Crippen LogP contribution is 1.95. The number of carboxylic acid groups (broad SMARTS) is 1. The van der Waals surface area contributed by atoms with E-state index in [1.54, 1.807) is 18.5 Å². The van der Waals surface area contributed by atoms with E-state index in [9.17, 15) is 9.59 Å². The quantitative estimate of drug-likeness (QED) is 0.564. The molecule has 1 rings (SSSR count). The number of carbonyl (C=O) groups is 2. The highest BCUT2D eigenvalue weighted by Gasteiger charge is 2.20. The van der Waals surface area contributed by atoms with Gasteiger partial charge in [-0.3, -0.25) is 9.78 Å². The maximum atomic E-state index is 11.1. The number of nitrogens with one attached hydrogen (secondary N) is 1. The third-order valence-corrected chi connectivity index (χ3v) is 1.98. The maximum absolute atomic E-state index is 11.1. The molecule has 0 aromatic carbocycles. The Hall–Kier alpha value is -1.95. The van der Waals surface area contributed by atoms with Gasteiger partial charge in [-0.05, 0) is 18.1 Å². The topological polar surface area (TPSA) is 105 Å². The fourth-order valence-corrected chi connectivity index (χ4v) is 1.10. The van der Waals surface area contributed by atoms with E-state index < -0.39 is 17.9 Å². The van der Waals surface area contributed by atoms with Gasteiger partial charge in [0.05, 0.1) is 0 Å². The molecule has 0 saturated heterocycles. The predicted octanol–water partition coefficient (Wildman–Crippen LogP) is -0.848. The molecule has 6 nitrogen and oxygen atoms in total. The molecule has 0 bridgehead atoms. The minimum absolute atomic E-state index is 0.339. The van der Waals surface area contributed by atoms with Crippen molar-refractivity contribution in [2.75, 3.05) is 6.54 Å². The zero-order valence-corrected chi connectivity index (χ0v) is 8.59. The molecule has 0 aliphatic carbocycles. The van der Waals surface area contributed by atoms with Crippen LogP contribution < -0.4 is 11.1 Å². The first-order valence-electron chi connectivity index (χ1n) is 4.76. The fourth-order valence-electron chi connectivity index (χ4n) is 1.10. The molecule has 1 amide bonds. The van der Waals surface area contributed by atoms with Gasteiger partial charge in [-0.2, -0.15) is 0 Å². The number of amides is 1. The molecule has 16 heavy (non-hydrogen) atoms. The van der Waals surface area contributed by atoms with Crippen LogP contribution in [0.2, 0.25) is 0 Å². The first-order valence-corrected chi connectivity index (χ1v) is 4.76. The highest BCUT2D eigenvalue weighted by molar-refractivity contribution is 6.00. The molecule has 1 aromatic heterocycles. The molecule has 0 aliphatic rings. The van der Waals surface area contributed by atoms with Gasteiger partial charge >= 0.3 is 5.97 Å². The van der Waals surface area contributed by atoms with Crippen molar-refractivity contribution in [1.29, 1.82) is 0 Å². The third kappa shape index (κ3) is 3.66. The molecule has 1 unspecified atom stereocenters. The van der Waals surface area contributed by atoms with E-state index in [-0.39, 0.29) is 0 Å². The summed E-state index contributed by atoms with van der Waals surface area (Å²) in [5, 5.41) is 10.9. The van der Waals surface area contributed by atoms with Gasteiger partial charge in [-0.15, -0.1) is 0 Å². The maximum Gasteiger partial charge on any atom is 0.330 e. The highest BCUT2D eigenvalue weighted by atomic mass is 16.4. The van der Waals surface area contributed by atoms with Crippen LogP contribution in [0.4, 0.5) is 0 Å². The third-order valence-electron chi connectivity index (χ3n) is 1.98. The number of carboxylic acids is 1. The van der Waals surface area contributed by atoms with E-state index in [0.717, 1.165) is 5.56 Å². The molecular weight excluding hydrogens is 210 g/mol. The summed E-state index contributed by atoms with van der Waals surface area (Å²) in [7, 11) is 0. The molecule has 1 heterocycles. The van der Waals surface area contributed by atoms with Crippen LogP contribution in [0.1, 0.15) is 5.56 Å². The monoisotopic (exact) mass is 223 g/mol. The molecule has 0 spiro atoms. The Balaban J connectivity index is 2.31. The molecular formula is C10H13N3O3. The second kappa shape index (κ2) is 5.82. The number of aliphatic carboxylic acids is 1. The van der Waals surface area contributed by atoms with E-state index in [0.29, 0.717) is 13.0 Å². The molecule has 0 fully saturated rings. The number of nitrogens with zero attached hydrogens (tertiary/aromatic N) is 1. The number of hydrogen-bond acceptors (Lipinski definition) is 4. The van der Waals surface area contributed by atoms with Crippen molar-refractivity contribution in [3.05, 3.63) is 30.1 Å². The Kier molecular flexibility index (Phi) is 4.41. The number of carbonyl (C=O) groups excluding carboxylic acids is 1. The van der Waals surface area contributed by atoms with E-state index >= 15 is 0 Å². The number of aromatic nitrogens is 1. The van der Waals surface area contributed by atoms with E-state index in [4.69, 9.17) is 10.8 Å². The fraction of sp³-hybridized carbons (Fsp3) is 0.300. The van der Waals surface area contributed by atoms with Crippen LogP contribution in [0.15, 0.2) is 24.5 Å². The first-order chi connectivity index (χ1) is 7.61. The molecule has 1 aromatic rings. The average molecular weight is 223 g/mol. The van der Waals surface area contributed by atoms with Crippen LogP contribution >= 0.6 is 0 Å². The van der Waals surface area contributed by atoms with Gasteiger partial charge in [0, 0.05) is 18.9 Å². The molecule has 6 heteroatoms. The van der Waals surface area contributed by atoms with Crippen molar-refractivity contribution in [2.45, 2.75) is 12.5 Å². The molecule has 0 aliphatic heterocycles. The van der Waals surface area contributed by atoms with Gasteiger partial charge in [-0.1, -0.05) is 6.07 Å². The van der Waals surface area contributed by atoms with Crippen molar-refractivity contribution in [3.63, 3.8) is 0 Å². The van der Waals surface area contributed by atoms with Crippen molar-refractivity contribution in [2.24, 2.45) is 5.73 Å². The number of rotatable bonds is 5. The zero-order chi connectivity index (χ0) is 12.0. The largest absolute Gasteiger partial charge is 0.480 e. The summed E-state index contributed by atoms with van der Waals surface area (Å²) in [4.78, 5) is 25.4. The van der Waals surface area contributed by atoms with Crippen LogP contribution in [0.3, 0.4) is 0 Å². The van der Waals surface area contributed by atoms with Crippen molar-refractivity contribution < 1.29 is 14.7 Å². The lowest BCUT2D eigenvalue weighted by molar-refractivity contribution is -0.142. The summed E-state index contributed by atoms with van der Waals surface area (Å²) in [6, 6.07) is 2.16. The molecule has 4 N–H and O–H groups in total. The van der Waals surface area contributed by atoms with Crippen molar-refractivity contribution in [3.8, 4) is 0 Å². The number of pyridine rings is 1. The van der Waals surface area contributed by atoms with Gasteiger partial charge < -0.3 is 16.2 Å². The Morgan fingerprint density at radius 2 is 2.31 bits per heavy atom. The lowest BCUT2D eigenvalue weighted by Gasteiger charge is -2.07. The normalized spacial score (nSPS) is 11.8. The Bertz CT molecular complexity index is 367. The van der Waals surface area contributed by atoms with Crippen LogP contribution in [-0.2, 0) is 16.0 Å². The molecule has 0 radical (unpaired) electrons. The van der Waals surface area contributed by atoms with Crippen LogP contribution in [0.5, 0.6) is 0 Å². The zero-order valence-electron chi connectivity index (χ0n) is 8.59. The predicted molar refractivity (Wildman–Crippen MR) is 56.6 cm³/mol.